The molecule has 0 amide bonds. The lowest BCUT2D eigenvalue weighted by atomic mass is 10.0. The van der Waals surface area contributed by atoms with Crippen molar-refractivity contribution in [2.75, 3.05) is 0 Å². The molecule has 3 rings (SSSR count). The third-order valence-electron chi connectivity index (χ3n) is 3.12. The maximum atomic E-state index is 7.64. The monoisotopic (exact) mass is 282 g/mol. The molecule has 0 aliphatic rings. The maximum Gasteiger partial charge on any atom is 0.127 e. The highest BCUT2D eigenvalue weighted by molar-refractivity contribution is 7.09. The number of nitrogens with one attached hydrogen (secondary N) is 1. The normalized spacial score (nSPS) is 10.6. The van der Waals surface area contributed by atoms with Crippen LogP contribution in [0.25, 0.3) is 10.8 Å². The summed E-state index contributed by atoms with van der Waals surface area (Å²) in [4.78, 5) is 1.18. The van der Waals surface area contributed by atoms with Gasteiger partial charge in [-0.2, -0.15) is 0 Å². The molecule has 0 unspecified atom stereocenters. The molecule has 0 saturated carbocycles. The first kappa shape index (κ1) is 12.7. The Bertz CT molecular complexity index is 750. The molecule has 0 atom stereocenters. The number of rotatable bonds is 4. The molecule has 3 nitrogen and oxygen atoms in total. The lowest BCUT2D eigenvalue weighted by Gasteiger charge is -2.11. The van der Waals surface area contributed by atoms with Gasteiger partial charge in [-0.05, 0) is 29.0 Å². The highest BCUT2D eigenvalue weighted by atomic mass is 32.1. The van der Waals surface area contributed by atoms with Crippen molar-refractivity contribution in [2.45, 2.75) is 6.61 Å². The van der Waals surface area contributed by atoms with Crippen LogP contribution in [0.3, 0.4) is 0 Å². The summed E-state index contributed by atoms with van der Waals surface area (Å²) >= 11 is 1.68. The summed E-state index contributed by atoms with van der Waals surface area (Å²) in [5.74, 6) is 0.894. The van der Waals surface area contributed by atoms with Crippen molar-refractivity contribution in [3.8, 4) is 5.75 Å². The van der Waals surface area contributed by atoms with Gasteiger partial charge in [0.15, 0.2) is 0 Å². The summed E-state index contributed by atoms with van der Waals surface area (Å²) in [5, 5.41) is 11.6. The predicted octanol–water partition coefficient (Wildman–Crippen LogP) is 3.76. The van der Waals surface area contributed by atoms with E-state index in [0.29, 0.717) is 6.61 Å². The van der Waals surface area contributed by atoms with Crippen LogP contribution in [-0.2, 0) is 6.61 Å². The predicted molar refractivity (Wildman–Crippen MR) is 83.6 cm³/mol. The molecule has 100 valence electrons. The number of ether oxygens (including phenoxy) is 1. The van der Waals surface area contributed by atoms with Gasteiger partial charge in [0.05, 0.1) is 0 Å². The first-order valence-corrected chi connectivity index (χ1v) is 7.15. The van der Waals surface area contributed by atoms with E-state index in [1.54, 1.807) is 11.3 Å². The summed E-state index contributed by atoms with van der Waals surface area (Å²) in [5.41, 5.74) is 6.37. The van der Waals surface area contributed by atoms with Crippen LogP contribution in [-0.4, -0.2) is 5.84 Å². The van der Waals surface area contributed by atoms with Crippen LogP contribution >= 0.6 is 11.3 Å². The largest absolute Gasteiger partial charge is 0.487 e. The molecular formula is C16H14N2OS. The van der Waals surface area contributed by atoms with Gasteiger partial charge in [0.2, 0.25) is 0 Å². The SMILES string of the molecule is N=C(N)c1ccc(OCc2cccs2)c2ccccc12. The summed E-state index contributed by atoms with van der Waals surface area (Å²) in [6.07, 6.45) is 0. The molecule has 0 aliphatic heterocycles. The van der Waals surface area contributed by atoms with Crippen LogP contribution in [0.5, 0.6) is 5.75 Å². The molecule has 20 heavy (non-hydrogen) atoms. The average molecular weight is 282 g/mol. The van der Waals surface area contributed by atoms with E-state index in [0.717, 1.165) is 22.1 Å². The number of thiophene rings is 1. The fraction of sp³-hybridized carbons (Fsp3) is 0.0625. The van der Waals surface area contributed by atoms with Crippen molar-refractivity contribution in [3.63, 3.8) is 0 Å². The molecule has 2 aromatic carbocycles. The third kappa shape index (κ3) is 2.38. The maximum absolute atomic E-state index is 7.64. The number of hydrogen-bond acceptors (Lipinski definition) is 3. The second-order valence-electron chi connectivity index (χ2n) is 4.44. The summed E-state index contributed by atoms with van der Waals surface area (Å²) in [6, 6.07) is 15.6. The Labute approximate surface area is 121 Å². The molecule has 1 aromatic heterocycles. The number of benzene rings is 2. The highest BCUT2D eigenvalue weighted by Gasteiger charge is 2.08. The Kier molecular flexibility index (Phi) is 3.39. The Balaban J connectivity index is 1.99. The van der Waals surface area contributed by atoms with E-state index in [-0.39, 0.29) is 5.84 Å². The van der Waals surface area contributed by atoms with Crippen molar-refractivity contribution in [1.29, 1.82) is 5.41 Å². The van der Waals surface area contributed by atoms with Gasteiger partial charge in [-0.15, -0.1) is 11.3 Å². The van der Waals surface area contributed by atoms with Gasteiger partial charge < -0.3 is 10.5 Å². The van der Waals surface area contributed by atoms with Crippen LogP contribution in [0.4, 0.5) is 0 Å². The zero-order valence-corrected chi connectivity index (χ0v) is 11.6. The van der Waals surface area contributed by atoms with Gasteiger partial charge in [-0.25, -0.2) is 0 Å². The molecule has 0 radical (unpaired) electrons. The van der Waals surface area contributed by atoms with Crippen molar-refractivity contribution < 1.29 is 4.74 Å². The Morgan fingerprint density at radius 1 is 1.05 bits per heavy atom. The Hall–Kier alpha value is -2.33. The summed E-state index contributed by atoms with van der Waals surface area (Å²) in [6.45, 7) is 0.557. The first-order chi connectivity index (χ1) is 9.75. The summed E-state index contributed by atoms with van der Waals surface area (Å²) < 4.78 is 5.90. The van der Waals surface area contributed by atoms with Crippen molar-refractivity contribution in [1.82, 2.24) is 0 Å². The number of nitrogen functional groups attached to an aromatic ring is 1. The van der Waals surface area contributed by atoms with E-state index in [4.69, 9.17) is 15.9 Å². The molecule has 0 fully saturated rings. The zero-order chi connectivity index (χ0) is 13.9. The van der Waals surface area contributed by atoms with E-state index in [1.807, 2.05) is 47.8 Å². The van der Waals surface area contributed by atoms with Gasteiger partial charge in [-0.3, -0.25) is 5.41 Å². The molecule has 4 heteroatoms. The van der Waals surface area contributed by atoms with Gasteiger partial charge >= 0.3 is 0 Å². The van der Waals surface area contributed by atoms with Crippen LogP contribution in [0.1, 0.15) is 10.4 Å². The van der Waals surface area contributed by atoms with Gasteiger partial charge in [0.25, 0.3) is 0 Å². The number of nitrogens with two attached hydrogens (primary N) is 1. The average Bonchev–Trinajstić information content (AvgIpc) is 2.97. The molecule has 1 heterocycles. The smallest absolute Gasteiger partial charge is 0.127 e. The topological polar surface area (TPSA) is 59.1 Å². The third-order valence-corrected chi connectivity index (χ3v) is 3.97. The number of hydrogen-bond donors (Lipinski definition) is 2. The van der Waals surface area contributed by atoms with Gasteiger partial charge in [-0.1, -0.05) is 30.3 Å². The molecule has 0 bridgehead atoms. The van der Waals surface area contributed by atoms with Crippen LogP contribution in [0.2, 0.25) is 0 Å². The fourth-order valence-electron chi connectivity index (χ4n) is 2.18. The minimum atomic E-state index is 0.0750. The van der Waals surface area contributed by atoms with Gasteiger partial charge in [0, 0.05) is 15.8 Å². The van der Waals surface area contributed by atoms with Crippen molar-refractivity contribution in [2.24, 2.45) is 5.73 Å². The van der Waals surface area contributed by atoms with E-state index < -0.39 is 0 Å². The minimum absolute atomic E-state index is 0.0750. The second kappa shape index (κ2) is 5.35. The number of amidine groups is 1. The first-order valence-electron chi connectivity index (χ1n) is 6.27. The van der Waals surface area contributed by atoms with Crippen molar-refractivity contribution in [3.05, 3.63) is 64.4 Å². The molecule has 3 aromatic rings. The van der Waals surface area contributed by atoms with Gasteiger partial charge in [0.1, 0.15) is 18.2 Å². The fourth-order valence-corrected chi connectivity index (χ4v) is 2.79. The van der Waals surface area contributed by atoms with Crippen LogP contribution in [0, 0.1) is 5.41 Å². The highest BCUT2D eigenvalue weighted by Crippen LogP contribution is 2.29. The van der Waals surface area contributed by atoms with Crippen LogP contribution < -0.4 is 10.5 Å². The Morgan fingerprint density at radius 2 is 1.85 bits per heavy atom. The van der Waals surface area contributed by atoms with E-state index in [9.17, 15) is 0 Å². The van der Waals surface area contributed by atoms with Crippen LogP contribution in [0.15, 0.2) is 53.9 Å². The molecule has 0 spiro atoms. The second-order valence-corrected chi connectivity index (χ2v) is 5.47. The lowest BCUT2D eigenvalue weighted by Crippen LogP contribution is -2.11. The zero-order valence-electron chi connectivity index (χ0n) is 10.8. The minimum Gasteiger partial charge on any atom is -0.487 e. The van der Waals surface area contributed by atoms with E-state index in [1.165, 1.54) is 4.88 Å². The molecule has 3 N–H and O–H groups in total. The number of fused-ring (bicyclic) bond motifs is 1. The lowest BCUT2D eigenvalue weighted by molar-refractivity contribution is 0.313. The Morgan fingerprint density at radius 3 is 2.55 bits per heavy atom. The molecule has 0 saturated heterocycles. The molecule has 0 aliphatic carbocycles. The molecular weight excluding hydrogens is 268 g/mol. The quantitative estimate of drug-likeness (QED) is 0.565. The van der Waals surface area contributed by atoms with Crippen molar-refractivity contribution >= 4 is 27.9 Å². The van der Waals surface area contributed by atoms with E-state index in [2.05, 4.69) is 6.07 Å². The van der Waals surface area contributed by atoms with E-state index >= 15 is 0 Å². The standard InChI is InChI=1S/C16H14N2OS/c17-16(18)14-7-8-15(13-6-2-1-5-12(13)14)19-10-11-4-3-9-20-11/h1-9H,10H2,(H3,17,18). The summed E-state index contributed by atoms with van der Waals surface area (Å²) in [7, 11) is 0.